The van der Waals surface area contributed by atoms with Gasteiger partial charge in [-0.05, 0) is 30.3 Å². The van der Waals surface area contributed by atoms with Crippen molar-refractivity contribution in [2.45, 2.75) is 0 Å². The van der Waals surface area contributed by atoms with Gasteiger partial charge >= 0.3 is 11.7 Å². The van der Waals surface area contributed by atoms with Crippen LogP contribution in [0.3, 0.4) is 0 Å². The van der Waals surface area contributed by atoms with E-state index in [-0.39, 0.29) is 17.1 Å². The Bertz CT molecular complexity index is 914. The van der Waals surface area contributed by atoms with E-state index >= 15 is 0 Å². The van der Waals surface area contributed by atoms with Crippen LogP contribution in [0.1, 0.15) is 10.4 Å². The monoisotopic (exact) mass is 299 g/mol. The second kappa shape index (κ2) is 5.28. The van der Waals surface area contributed by atoms with E-state index in [1.807, 2.05) is 0 Å². The highest BCUT2D eigenvalue weighted by Gasteiger charge is 2.11. The van der Waals surface area contributed by atoms with Gasteiger partial charge in [-0.15, -0.1) is 5.10 Å². The summed E-state index contributed by atoms with van der Waals surface area (Å²) in [4.78, 5) is 25.5. The fraction of sp³-hybridized carbons (Fsp3) is 0. The van der Waals surface area contributed by atoms with E-state index < -0.39 is 17.5 Å². The van der Waals surface area contributed by atoms with Crippen molar-refractivity contribution in [2.24, 2.45) is 0 Å². The summed E-state index contributed by atoms with van der Waals surface area (Å²) in [5, 5.41) is 13.1. The Labute approximate surface area is 123 Å². The zero-order valence-corrected chi connectivity index (χ0v) is 11.2. The Balaban J connectivity index is 2.08. The predicted octanol–water partition coefficient (Wildman–Crippen LogP) is 2.06. The van der Waals surface area contributed by atoms with Crippen LogP contribution in [0.15, 0.2) is 53.3 Å². The molecule has 0 aliphatic rings. The topological polar surface area (TPSA) is 88.0 Å². The normalized spacial score (nSPS) is 10.6. The largest absolute Gasteiger partial charge is 0.478 e. The zero-order chi connectivity index (χ0) is 15.7. The zero-order valence-electron chi connectivity index (χ0n) is 11.2. The molecule has 0 spiro atoms. The molecule has 0 fully saturated rings. The number of aromatic nitrogens is 3. The Morgan fingerprint density at radius 3 is 2.68 bits per heavy atom. The Hall–Kier alpha value is -3.22. The maximum Gasteiger partial charge on any atom is 0.348 e. The summed E-state index contributed by atoms with van der Waals surface area (Å²) in [6, 6.07) is 11.5. The lowest BCUT2D eigenvalue weighted by Gasteiger charge is -2.00. The molecule has 0 unspecified atom stereocenters. The van der Waals surface area contributed by atoms with Crippen LogP contribution in [0.2, 0.25) is 0 Å². The average Bonchev–Trinajstić information content (AvgIpc) is 2.89. The number of nitrogens with zero attached hydrogens (tertiary/aromatic N) is 2. The van der Waals surface area contributed by atoms with Gasteiger partial charge in [0, 0.05) is 5.56 Å². The molecule has 0 radical (unpaired) electrons. The quantitative estimate of drug-likeness (QED) is 0.775. The number of aromatic amines is 1. The first kappa shape index (κ1) is 13.7. The van der Waals surface area contributed by atoms with Crippen LogP contribution >= 0.6 is 0 Å². The maximum atomic E-state index is 13.2. The Morgan fingerprint density at radius 2 is 1.95 bits per heavy atom. The van der Waals surface area contributed by atoms with Crippen LogP contribution in [0.5, 0.6) is 0 Å². The van der Waals surface area contributed by atoms with Crippen LogP contribution in [0, 0.1) is 5.82 Å². The summed E-state index contributed by atoms with van der Waals surface area (Å²) in [6.07, 6.45) is 0. The van der Waals surface area contributed by atoms with Crippen LogP contribution in [0.25, 0.3) is 17.1 Å². The molecule has 0 aliphatic carbocycles. The van der Waals surface area contributed by atoms with E-state index in [4.69, 9.17) is 5.11 Å². The molecule has 3 aromatic rings. The summed E-state index contributed by atoms with van der Waals surface area (Å²) in [5.74, 6) is -1.35. The summed E-state index contributed by atoms with van der Waals surface area (Å²) in [5.41, 5.74) is 0.272. The minimum absolute atomic E-state index is 0.0821. The van der Waals surface area contributed by atoms with Gasteiger partial charge in [0.2, 0.25) is 0 Å². The number of carbonyl (C=O) groups is 1. The van der Waals surface area contributed by atoms with Gasteiger partial charge in [0.1, 0.15) is 5.82 Å². The minimum Gasteiger partial charge on any atom is -0.478 e. The molecule has 6 nitrogen and oxygen atoms in total. The van der Waals surface area contributed by atoms with Crippen molar-refractivity contribution in [1.82, 2.24) is 14.8 Å². The predicted molar refractivity (Wildman–Crippen MR) is 76.5 cm³/mol. The Kier molecular flexibility index (Phi) is 3.30. The number of carboxylic acid groups (broad SMARTS) is 1. The van der Waals surface area contributed by atoms with Crippen LogP contribution in [0.4, 0.5) is 4.39 Å². The molecule has 0 aliphatic heterocycles. The smallest absolute Gasteiger partial charge is 0.348 e. The molecule has 2 aromatic carbocycles. The molecular weight excluding hydrogens is 289 g/mol. The maximum absolute atomic E-state index is 13.2. The van der Waals surface area contributed by atoms with Gasteiger partial charge in [0.25, 0.3) is 0 Å². The third-order valence-corrected chi connectivity index (χ3v) is 3.05. The van der Waals surface area contributed by atoms with E-state index in [9.17, 15) is 14.0 Å². The lowest BCUT2D eigenvalue weighted by atomic mass is 10.1. The number of benzene rings is 2. The lowest BCUT2D eigenvalue weighted by Crippen LogP contribution is -2.15. The number of carboxylic acids is 1. The number of nitrogens with one attached hydrogen (secondary N) is 1. The highest BCUT2D eigenvalue weighted by atomic mass is 19.1. The molecule has 0 atom stereocenters. The number of rotatable bonds is 3. The molecule has 1 heterocycles. The van der Waals surface area contributed by atoms with Crippen molar-refractivity contribution in [3.8, 4) is 17.1 Å². The van der Waals surface area contributed by atoms with Gasteiger partial charge in [-0.3, -0.25) is 4.98 Å². The second-order valence-corrected chi connectivity index (χ2v) is 4.56. The van der Waals surface area contributed by atoms with Crippen molar-refractivity contribution in [3.05, 3.63) is 70.4 Å². The van der Waals surface area contributed by atoms with Gasteiger partial charge < -0.3 is 5.11 Å². The number of hydrogen-bond acceptors (Lipinski definition) is 3. The third kappa shape index (κ3) is 2.51. The minimum atomic E-state index is -1.08. The summed E-state index contributed by atoms with van der Waals surface area (Å²) in [7, 11) is 0. The molecule has 0 saturated heterocycles. The fourth-order valence-corrected chi connectivity index (χ4v) is 2.04. The summed E-state index contributed by atoms with van der Waals surface area (Å²) < 4.78 is 14.3. The van der Waals surface area contributed by atoms with E-state index in [2.05, 4.69) is 10.1 Å². The van der Waals surface area contributed by atoms with Gasteiger partial charge in [0.05, 0.1) is 11.3 Å². The van der Waals surface area contributed by atoms with Crippen molar-refractivity contribution in [2.75, 3.05) is 0 Å². The van der Waals surface area contributed by atoms with Crippen LogP contribution in [-0.2, 0) is 0 Å². The highest BCUT2D eigenvalue weighted by Crippen LogP contribution is 2.16. The van der Waals surface area contributed by atoms with E-state index in [1.165, 1.54) is 30.3 Å². The molecular formula is C15H10FN3O3. The molecule has 22 heavy (non-hydrogen) atoms. The van der Waals surface area contributed by atoms with Gasteiger partial charge in [0.15, 0.2) is 5.82 Å². The molecule has 2 N–H and O–H groups in total. The van der Waals surface area contributed by atoms with Gasteiger partial charge in [-0.1, -0.05) is 18.2 Å². The second-order valence-electron chi connectivity index (χ2n) is 4.56. The first-order valence-corrected chi connectivity index (χ1v) is 6.33. The molecule has 0 amide bonds. The molecule has 1 aromatic heterocycles. The standard InChI is InChI=1S/C15H10FN3O3/c16-11-5-2-6-12(8-11)19-15(22)17-13(18-19)9-3-1-4-10(7-9)14(20)21/h1-8H,(H,20,21)(H,17,18,22). The van der Waals surface area contributed by atoms with Gasteiger partial charge in [-0.2, -0.15) is 4.68 Å². The van der Waals surface area contributed by atoms with Crippen LogP contribution < -0.4 is 5.69 Å². The lowest BCUT2D eigenvalue weighted by molar-refractivity contribution is 0.0697. The Morgan fingerprint density at radius 1 is 1.18 bits per heavy atom. The van der Waals surface area contributed by atoms with E-state index in [1.54, 1.807) is 18.2 Å². The molecule has 7 heteroatoms. The summed E-state index contributed by atoms with van der Waals surface area (Å²) >= 11 is 0. The van der Waals surface area contributed by atoms with Crippen molar-refractivity contribution in [1.29, 1.82) is 0 Å². The fourth-order valence-electron chi connectivity index (χ4n) is 2.04. The van der Waals surface area contributed by atoms with Crippen molar-refractivity contribution in [3.63, 3.8) is 0 Å². The third-order valence-electron chi connectivity index (χ3n) is 3.05. The summed E-state index contributed by atoms with van der Waals surface area (Å²) in [6.45, 7) is 0. The van der Waals surface area contributed by atoms with Crippen molar-refractivity contribution < 1.29 is 14.3 Å². The van der Waals surface area contributed by atoms with Crippen LogP contribution in [-0.4, -0.2) is 25.8 Å². The SMILES string of the molecule is O=C(O)c1cccc(-c2nn(-c3cccc(F)c3)c(=O)[nH]2)c1. The van der Waals surface area contributed by atoms with E-state index in [0.717, 1.165) is 4.68 Å². The molecule has 0 bridgehead atoms. The molecule has 110 valence electrons. The van der Waals surface area contributed by atoms with E-state index in [0.29, 0.717) is 5.56 Å². The first-order chi connectivity index (χ1) is 10.5. The number of H-pyrrole nitrogens is 1. The highest BCUT2D eigenvalue weighted by molar-refractivity contribution is 5.89. The average molecular weight is 299 g/mol. The number of halogens is 1. The number of aromatic carboxylic acids is 1. The van der Waals surface area contributed by atoms with Crippen molar-refractivity contribution >= 4 is 5.97 Å². The molecule has 3 rings (SSSR count). The number of hydrogen-bond donors (Lipinski definition) is 2. The molecule has 0 saturated carbocycles. The van der Waals surface area contributed by atoms with Gasteiger partial charge in [-0.25, -0.2) is 14.0 Å². The first-order valence-electron chi connectivity index (χ1n) is 6.33.